The fourth-order valence-corrected chi connectivity index (χ4v) is 1.98. The molecular formula is C11H11F2N5O. The lowest BCUT2D eigenvalue weighted by atomic mass is 10.1. The van der Waals surface area contributed by atoms with Crippen LogP contribution in [-0.4, -0.2) is 32.9 Å². The van der Waals surface area contributed by atoms with Crippen molar-refractivity contribution in [3.05, 3.63) is 29.6 Å². The molecule has 3 rings (SSSR count). The number of hydrogen-bond acceptors (Lipinski definition) is 5. The largest absolute Gasteiger partial charge is 0.489 e. The second-order valence-electron chi connectivity index (χ2n) is 4.31. The van der Waals surface area contributed by atoms with E-state index in [4.69, 9.17) is 4.74 Å². The summed E-state index contributed by atoms with van der Waals surface area (Å²) >= 11 is 0. The Bertz CT molecular complexity index is 615. The standard InChI is InChI=1S/C11H11F2N5O/c1-18-16-10(15-17-18)4-7-5-19-9-3-6(12)2-8(13)11(9)14-7/h2-3,7,14H,4-5H2,1H3. The molecule has 6 nitrogen and oxygen atoms in total. The van der Waals surface area contributed by atoms with Gasteiger partial charge in [0.25, 0.3) is 0 Å². The van der Waals surface area contributed by atoms with Crippen molar-refractivity contribution in [1.82, 2.24) is 20.2 Å². The summed E-state index contributed by atoms with van der Waals surface area (Å²) in [6.45, 7) is 0.286. The van der Waals surface area contributed by atoms with Gasteiger partial charge in [-0.25, -0.2) is 8.78 Å². The minimum absolute atomic E-state index is 0.168. The van der Waals surface area contributed by atoms with E-state index in [2.05, 4.69) is 20.7 Å². The SMILES string of the molecule is Cn1nnc(CC2COc3cc(F)cc(F)c3N2)n1. The van der Waals surface area contributed by atoms with Crippen LogP contribution in [0.2, 0.25) is 0 Å². The van der Waals surface area contributed by atoms with E-state index in [1.54, 1.807) is 7.05 Å². The number of nitrogens with zero attached hydrogens (tertiary/aromatic N) is 4. The third-order valence-corrected chi connectivity index (χ3v) is 2.79. The summed E-state index contributed by atoms with van der Waals surface area (Å²) in [6, 6.07) is 1.79. The molecule has 0 bridgehead atoms. The van der Waals surface area contributed by atoms with Crippen molar-refractivity contribution in [2.45, 2.75) is 12.5 Å². The third kappa shape index (κ3) is 2.33. The summed E-state index contributed by atoms with van der Waals surface area (Å²) in [4.78, 5) is 1.35. The molecule has 0 fully saturated rings. The molecule has 1 aliphatic heterocycles. The van der Waals surface area contributed by atoms with Gasteiger partial charge in [0.15, 0.2) is 11.6 Å². The number of nitrogens with one attached hydrogen (secondary N) is 1. The highest BCUT2D eigenvalue weighted by atomic mass is 19.1. The van der Waals surface area contributed by atoms with Crippen LogP contribution in [0.3, 0.4) is 0 Å². The van der Waals surface area contributed by atoms with Gasteiger partial charge in [-0.05, 0) is 5.21 Å². The predicted molar refractivity (Wildman–Crippen MR) is 61.8 cm³/mol. The molecule has 8 heteroatoms. The quantitative estimate of drug-likeness (QED) is 0.876. The third-order valence-electron chi connectivity index (χ3n) is 2.79. The zero-order valence-corrected chi connectivity index (χ0v) is 10.1. The zero-order chi connectivity index (χ0) is 13.4. The lowest BCUT2D eigenvalue weighted by Gasteiger charge is -2.27. The van der Waals surface area contributed by atoms with Gasteiger partial charge < -0.3 is 10.1 Å². The van der Waals surface area contributed by atoms with E-state index in [-0.39, 0.29) is 24.1 Å². The van der Waals surface area contributed by atoms with Crippen LogP contribution in [-0.2, 0) is 13.5 Å². The van der Waals surface area contributed by atoms with Gasteiger partial charge in [-0.1, -0.05) is 0 Å². The Morgan fingerprint density at radius 3 is 3.05 bits per heavy atom. The lowest BCUT2D eigenvalue weighted by molar-refractivity contribution is 0.278. The molecule has 0 spiro atoms. The van der Waals surface area contributed by atoms with Gasteiger partial charge in [0.2, 0.25) is 0 Å². The zero-order valence-electron chi connectivity index (χ0n) is 10.1. The average molecular weight is 267 g/mol. The Morgan fingerprint density at radius 1 is 1.47 bits per heavy atom. The maximum atomic E-state index is 13.6. The molecule has 1 aromatic heterocycles. The highest BCUT2D eigenvalue weighted by Gasteiger charge is 2.24. The van der Waals surface area contributed by atoms with Crippen molar-refractivity contribution >= 4 is 5.69 Å². The number of benzene rings is 1. The van der Waals surface area contributed by atoms with Gasteiger partial charge in [0, 0.05) is 18.6 Å². The number of halogens is 2. The van der Waals surface area contributed by atoms with Gasteiger partial charge in [-0.15, -0.1) is 10.2 Å². The first-order valence-electron chi connectivity index (χ1n) is 5.73. The first kappa shape index (κ1) is 11.8. The van der Waals surface area contributed by atoms with Crippen molar-refractivity contribution in [2.75, 3.05) is 11.9 Å². The maximum Gasteiger partial charge on any atom is 0.176 e. The topological polar surface area (TPSA) is 64.9 Å². The number of ether oxygens (including phenoxy) is 1. The summed E-state index contributed by atoms with van der Waals surface area (Å²) in [7, 11) is 1.67. The molecule has 1 aromatic carbocycles. The highest BCUT2D eigenvalue weighted by Crippen LogP contribution is 2.32. The molecule has 0 saturated heterocycles. The average Bonchev–Trinajstić information content (AvgIpc) is 2.75. The second-order valence-corrected chi connectivity index (χ2v) is 4.31. The van der Waals surface area contributed by atoms with Crippen molar-refractivity contribution in [3.63, 3.8) is 0 Å². The molecule has 1 N–H and O–H groups in total. The fraction of sp³-hybridized carbons (Fsp3) is 0.364. The Hall–Kier alpha value is -2.25. The lowest BCUT2D eigenvalue weighted by Crippen LogP contribution is -2.34. The second kappa shape index (κ2) is 4.45. The highest BCUT2D eigenvalue weighted by molar-refractivity contribution is 5.59. The smallest absolute Gasteiger partial charge is 0.176 e. The molecule has 2 aromatic rings. The van der Waals surface area contributed by atoms with Crippen LogP contribution in [0.15, 0.2) is 12.1 Å². The Labute approximate surface area is 107 Å². The van der Waals surface area contributed by atoms with E-state index in [1.165, 1.54) is 4.80 Å². The molecule has 0 radical (unpaired) electrons. The molecule has 19 heavy (non-hydrogen) atoms. The van der Waals surface area contributed by atoms with E-state index in [0.717, 1.165) is 12.1 Å². The molecule has 2 heterocycles. The van der Waals surface area contributed by atoms with E-state index >= 15 is 0 Å². The van der Waals surface area contributed by atoms with E-state index in [0.29, 0.717) is 12.2 Å². The molecule has 0 amide bonds. The van der Waals surface area contributed by atoms with Crippen LogP contribution in [0, 0.1) is 11.6 Å². The number of aryl methyl sites for hydroxylation is 1. The van der Waals surface area contributed by atoms with Gasteiger partial charge in [-0.2, -0.15) is 4.80 Å². The maximum absolute atomic E-state index is 13.6. The Morgan fingerprint density at radius 2 is 2.32 bits per heavy atom. The minimum Gasteiger partial charge on any atom is -0.489 e. The van der Waals surface area contributed by atoms with Crippen LogP contribution in [0.1, 0.15) is 5.82 Å². The Balaban J connectivity index is 1.78. The number of rotatable bonds is 2. The normalized spacial score (nSPS) is 17.5. The van der Waals surface area contributed by atoms with Crippen molar-refractivity contribution in [3.8, 4) is 5.75 Å². The summed E-state index contributed by atoms with van der Waals surface area (Å²) in [5, 5.41) is 14.6. The number of anilines is 1. The monoisotopic (exact) mass is 267 g/mol. The summed E-state index contributed by atoms with van der Waals surface area (Å²) in [5.74, 6) is -0.616. The number of hydrogen-bond donors (Lipinski definition) is 1. The molecule has 1 aliphatic rings. The van der Waals surface area contributed by atoms with Crippen LogP contribution < -0.4 is 10.1 Å². The predicted octanol–water partition coefficient (Wildman–Crippen LogP) is 0.904. The Kier molecular flexibility index (Phi) is 2.77. The van der Waals surface area contributed by atoms with Crippen LogP contribution in [0.25, 0.3) is 0 Å². The number of tetrazole rings is 1. The molecule has 1 atom stereocenters. The van der Waals surface area contributed by atoms with Crippen LogP contribution in [0.5, 0.6) is 5.75 Å². The minimum atomic E-state index is -0.674. The van der Waals surface area contributed by atoms with E-state index in [1.807, 2.05) is 0 Å². The summed E-state index contributed by atoms with van der Waals surface area (Å²) in [6.07, 6.45) is 0.449. The molecule has 0 aliphatic carbocycles. The van der Waals surface area contributed by atoms with Crippen LogP contribution in [0.4, 0.5) is 14.5 Å². The van der Waals surface area contributed by atoms with Gasteiger partial charge in [0.1, 0.15) is 23.9 Å². The summed E-state index contributed by atoms with van der Waals surface area (Å²) in [5.41, 5.74) is 0.168. The van der Waals surface area contributed by atoms with Gasteiger partial charge in [0.05, 0.1) is 13.1 Å². The van der Waals surface area contributed by atoms with Crippen molar-refractivity contribution in [1.29, 1.82) is 0 Å². The number of aromatic nitrogens is 4. The molecule has 100 valence electrons. The number of fused-ring (bicyclic) bond motifs is 1. The molecule has 0 saturated carbocycles. The first-order valence-corrected chi connectivity index (χ1v) is 5.73. The van der Waals surface area contributed by atoms with E-state index in [9.17, 15) is 8.78 Å². The molecular weight excluding hydrogens is 256 g/mol. The summed E-state index contributed by atoms with van der Waals surface area (Å²) < 4.78 is 32.0. The van der Waals surface area contributed by atoms with Crippen molar-refractivity contribution < 1.29 is 13.5 Å². The fourth-order valence-electron chi connectivity index (χ4n) is 1.98. The molecule has 1 unspecified atom stereocenters. The van der Waals surface area contributed by atoms with Gasteiger partial charge >= 0.3 is 0 Å². The van der Waals surface area contributed by atoms with Crippen molar-refractivity contribution in [2.24, 2.45) is 7.05 Å². The van der Waals surface area contributed by atoms with E-state index < -0.39 is 11.6 Å². The first-order chi connectivity index (χ1) is 9.11. The van der Waals surface area contributed by atoms with Crippen LogP contribution >= 0.6 is 0 Å². The van der Waals surface area contributed by atoms with Gasteiger partial charge in [-0.3, -0.25) is 0 Å².